The average molecular weight is 366 g/mol. The number of piperazine rings is 1. The van der Waals surface area contributed by atoms with E-state index in [1.807, 2.05) is 30.3 Å². The lowest BCUT2D eigenvalue weighted by Crippen LogP contribution is -2.50. The van der Waals surface area contributed by atoms with Gasteiger partial charge in [0, 0.05) is 44.2 Å². The first-order valence-corrected chi connectivity index (χ1v) is 8.91. The smallest absolute Gasteiger partial charge is 0.266 e. The Morgan fingerprint density at radius 3 is 2.33 bits per heavy atom. The summed E-state index contributed by atoms with van der Waals surface area (Å²) in [5, 5.41) is 4.38. The highest BCUT2D eigenvalue weighted by molar-refractivity contribution is 5.87. The fraction of sp³-hybridized carbons (Fsp3) is 0.300. The highest BCUT2D eigenvalue weighted by Crippen LogP contribution is 2.14. The highest BCUT2D eigenvalue weighted by Gasteiger charge is 2.22. The SMILES string of the molecule is C=CC(=O)N1CCN(C(=O)CCn2nc(-c3ccccc3)ccc2=O)CC1. The predicted octanol–water partition coefficient (Wildman–Crippen LogP) is 1.16. The van der Waals surface area contributed by atoms with Crippen molar-refractivity contribution in [2.45, 2.75) is 13.0 Å². The van der Waals surface area contributed by atoms with Crippen LogP contribution in [0.2, 0.25) is 0 Å². The molecule has 1 fully saturated rings. The molecule has 0 radical (unpaired) electrons. The highest BCUT2D eigenvalue weighted by atomic mass is 16.2. The molecule has 1 aromatic heterocycles. The summed E-state index contributed by atoms with van der Waals surface area (Å²) in [6.45, 7) is 5.68. The van der Waals surface area contributed by atoms with Gasteiger partial charge in [-0.25, -0.2) is 4.68 Å². The first-order valence-electron chi connectivity index (χ1n) is 8.91. The second kappa shape index (κ2) is 8.44. The second-order valence-corrected chi connectivity index (χ2v) is 6.31. The van der Waals surface area contributed by atoms with Crippen molar-refractivity contribution in [3.8, 4) is 11.3 Å². The van der Waals surface area contributed by atoms with Crippen LogP contribution >= 0.6 is 0 Å². The van der Waals surface area contributed by atoms with Crippen LogP contribution in [0.15, 0.2) is 59.9 Å². The van der Waals surface area contributed by atoms with Gasteiger partial charge in [-0.3, -0.25) is 14.4 Å². The van der Waals surface area contributed by atoms with E-state index in [1.165, 1.54) is 16.8 Å². The van der Waals surface area contributed by atoms with Crippen molar-refractivity contribution < 1.29 is 9.59 Å². The first-order chi connectivity index (χ1) is 13.1. The topological polar surface area (TPSA) is 75.5 Å². The van der Waals surface area contributed by atoms with Crippen LogP contribution in [0.5, 0.6) is 0 Å². The third kappa shape index (κ3) is 4.49. The standard InChI is InChI=1S/C20H22N4O3/c1-2-18(25)22-12-14-23(15-13-22)19(26)10-11-24-20(27)9-8-17(21-24)16-6-4-3-5-7-16/h2-9H,1,10-15H2. The number of carbonyl (C=O) groups is 2. The van der Waals surface area contributed by atoms with Crippen LogP contribution in [0.4, 0.5) is 0 Å². The van der Waals surface area contributed by atoms with Crippen molar-refractivity contribution in [3.05, 3.63) is 65.5 Å². The molecule has 2 amide bonds. The summed E-state index contributed by atoms with van der Waals surface area (Å²) >= 11 is 0. The minimum Gasteiger partial charge on any atom is -0.339 e. The summed E-state index contributed by atoms with van der Waals surface area (Å²) in [7, 11) is 0. The number of benzene rings is 1. The number of aromatic nitrogens is 2. The lowest BCUT2D eigenvalue weighted by atomic mass is 10.1. The van der Waals surface area contributed by atoms with Gasteiger partial charge in [-0.05, 0) is 12.1 Å². The minimum absolute atomic E-state index is 0.0421. The Morgan fingerprint density at radius 2 is 1.67 bits per heavy atom. The zero-order valence-corrected chi connectivity index (χ0v) is 15.1. The van der Waals surface area contributed by atoms with Gasteiger partial charge in [0.05, 0.1) is 12.2 Å². The summed E-state index contributed by atoms with van der Waals surface area (Å²) < 4.78 is 1.33. The van der Waals surface area contributed by atoms with Crippen molar-refractivity contribution >= 4 is 11.8 Å². The van der Waals surface area contributed by atoms with Gasteiger partial charge in [-0.2, -0.15) is 5.10 Å². The monoisotopic (exact) mass is 366 g/mol. The van der Waals surface area contributed by atoms with E-state index >= 15 is 0 Å². The lowest BCUT2D eigenvalue weighted by Gasteiger charge is -2.34. The fourth-order valence-corrected chi connectivity index (χ4v) is 3.04. The third-order valence-electron chi connectivity index (χ3n) is 4.59. The van der Waals surface area contributed by atoms with Gasteiger partial charge in [0.1, 0.15) is 0 Å². The molecule has 1 aliphatic heterocycles. The number of aryl methyl sites for hydroxylation is 1. The quantitative estimate of drug-likeness (QED) is 0.744. The third-order valence-corrected chi connectivity index (χ3v) is 4.59. The number of carbonyl (C=O) groups excluding carboxylic acids is 2. The average Bonchev–Trinajstić information content (AvgIpc) is 2.73. The summed E-state index contributed by atoms with van der Waals surface area (Å²) in [6, 6.07) is 12.7. The maximum atomic E-state index is 12.4. The number of nitrogens with zero attached hydrogens (tertiary/aromatic N) is 4. The van der Waals surface area contributed by atoms with Crippen molar-refractivity contribution in [2.24, 2.45) is 0 Å². The van der Waals surface area contributed by atoms with Crippen LogP contribution in [0.3, 0.4) is 0 Å². The fourth-order valence-electron chi connectivity index (χ4n) is 3.04. The van der Waals surface area contributed by atoms with Gasteiger partial charge in [0.2, 0.25) is 11.8 Å². The number of rotatable bonds is 5. The molecule has 7 nitrogen and oxygen atoms in total. The Balaban J connectivity index is 1.60. The Hall–Kier alpha value is -3.22. The molecule has 0 aliphatic carbocycles. The van der Waals surface area contributed by atoms with Gasteiger partial charge in [-0.15, -0.1) is 0 Å². The van der Waals surface area contributed by atoms with Crippen LogP contribution < -0.4 is 5.56 Å². The first kappa shape index (κ1) is 18.6. The molecular formula is C20H22N4O3. The largest absolute Gasteiger partial charge is 0.339 e. The van der Waals surface area contributed by atoms with Gasteiger partial charge < -0.3 is 9.80 Å². The van der Waals surface area contributed by atoms with Crippen molar-refractivity contribution in [3.63, 3.8) is 0 Å². The van der Waals surface area contributed by atoms with Crippen molar-refractivity contribution in [1.29, 1.82) is 0 Å². The van der Waals surface area contributed by atoms with E-state index in [1.54, 1.807) is 15.9 Å². The maximum absolute atomic E-state index is 12.4. The molecule has 1 aliphatic rings. The van der Waals surface area contributed by atoms with Crippen LogP contribution in [-0.4, -0.2) is 57.6 Å². The normalized spacial score (nSPS) is 14.1. The van der Waals surface area contributed by atoms with Gasteiger partial charge in [-0.1, -0.05) is 36.9 Å². The zero-order valence-electron chi connectivity index (χ0n) is 15.1. The molecule has 3 rings (SSSR count). The van der Waals surface area contributed by atoms with Gasteiger partial charge >= 0.3 is 0 Å². The molecule has 2 heterocycles. The molecular weight excluding hydrogens is 344 g/mol. The number of amides is 2. The van der Waals surface area contributed by atoms with Crippen molar-refractivity contribution in [1.82, 2.24) is 19.6 Å². The Bertz CT molecular complexity index is 884. The summed E-state index contributed by atoms with van der Waals surface area (Å²) in [4.78, 5) is 39.5. The lowest BCUT2D eigenvalue weighted by molar-refractivity contribution is -0.137. The van der Waals surface area contributed by atoms with Crippen LogP contribution in [0.25, 0.3) is 11.3 Å². The van der Waals surface area contributed by atoms with E-state index in [9.17, 15) is 14.4 Å². The van der Waals surface area contributed by atoms with Gasteiger partial charge in [0.25, 0.3) is 5.56 Å². The van der Waals surface area contributed by atoms with E-state index in [4.69, 9.17) is 0 Å². The molecule has 2 aromatic rings. The number of hydrogen-bond acceptors (Lipinski definition) is 4. The minimum atomic E-state index is -0.233. The van der Waals surface area contributed by atoms with Crippen LogP contribution in [0.1, 0.15) is 6.42 Å². The molecule has 0 saturated carbocycles. The van der Waals surface area contributed by atoms with E-state index in [0.29, 0.717) is 31.9 Å². The Morgan fingerprint density at radius 1 is 1.00 bits per heavy atom. The summed E-state index contributed by atoms with van der Waals surface area (Å²) in [6.07, 6.45) is 1.48. The molecule has 0 spiro atoms. The van der Waals surface area contributed by atoms with Crippen LogP contribution in [-0.2, 0) is 16.1 Å². The molecule has 0 N–H and O–H groups in total. The molecule has 0 atom stereocenters. The molecule has 140 valence electrons. The molecule has 27 heavy (non-hydrogen) atoms. The summed E-state index contributed by atoms with van der Waals surface area (Å²) in [5.41, 5.74) is 1.38. The van der Waals surface area contributed by atoms with Gasteiger partial charge in [0.15, 0.2) is 0 Å². The molecule has 0 unspecified atom stereocenters. The van der Waals surface area contributed by atoms with E-state index in [-0.39, 0.29) is 30.3 Å². The van der Waals surface area contributed by atoms with E-state index < -0.39 is 0 Å². The predicted molar refractivity (Wildman–Crippen MR) is 102 cm³/mol. The molecule has 7 heteroatoms. The number of hydrogen-bond donors (Lipinski definition) is 0. The van der Waals surface area contributed by atoms with E-state index in [0.717, 1.165) is 5.56 Å². The maximum Gasteiger partial charge on any atom is 0.266 e. The zero-order chi connectivity index (χ0) is 19.2. The van der Waals surface area contributed by atoms with Crippen molar-refractivity contribution in [2.75, 3.05) is 26.2 Å². The molecule has 0 bridgehead atoms. The Kier molecular flexibility index (Phi) is 5.80. The van der Waals surface area contributed by atoms with E-state index in [2.05, 4.69) is 11.7 Å². The Labute approximate surface area is 157 Å². The summed E-state index contributed by atoms with van der Waals surface area (Å²) in [5.74, 6) is -0.157. The molecule has 1 saturated heterocycles. The molecule has 1 aromatic carbocycles. The second-order valence-electron chi connectivity index (χ2n) is 6.31. The van der Waals surface area contributed by atoms with Crippen LogP contribution in [0, 0.1) is 0 Å².